The maximum atomic E-state index is 12.0. The van der Waals surface area contributed by atoms with Crippen molar-refractivity contribution in [3.63, 3.8) is 0 Å². The highest BCUT2D eigenvalue weighted by atomic mass is 16.5. The van der Waals surface area contributed by atoms with Gasteiger partial charge in [-0.25, -0.2) is 0 Å². The quantitative estimate of drug-likeness (QED) is 0.792. The first-order valence-corrected chi connectivity index (χ1v) is 5.94. The fourth-order valence-corrected chi connectivity index (χ4v) is 3.39. The van der Waals surface area contributed by atoms with Crippen molar-refractivity contribution in [1.82, 2.24) is 5.32 Å². The summed E-state index contributed by atoms with van der Waals surface area (Å²) in [5.74, 6) is 1.61. The number of ether oxygens (including phenoxy) is 1. The lowest BCUT2D eigenvalue weighted by Crippen LogP contribution is -2.25. The van der Waals surface area contributed by atoms with Crippen molar-refractivity contribution in [2.75, 3.05) is 13.7 Å². The number of hydrogen-bond donors (Lipinski definition) is 1. The number of rotatable bonds is 1. The number of nitrogens with one attached hydrogen (secondary N) is 1. The van der Waals surface area contributed by atoms with Crippen LogP contribution in [0.3, 0.4) is 0 Å². The molecule has 4 rings (SSSR count). The molecule has 2 atom stereocenters. The Kier molecular flexibility index (Phi) is 1.49. The predicted octanol–water partition coefficient (Wildman–Crippen LogP) is 1.64. The number of methoxy groups -OCH3 is 1. The molecule has 3 aliphatic rings. The standard InChI is InChI=1S/C14H13NO2/c1-17-9-2-3-10-11(4-9)14-6-8(14)7-15-13(14)5-12(10)16/h2-5,8,15H,6-7H2,1H3/t8-,14-/m0/s1. The summed E-state index contributed by atoms with van der Waals surface area (Å²) in [6.45, 7) is 0.996. The van der Waals surface area contributed by atoms with E-state index in [1.54, 1.807) is 13.2 Å². The highest BCUT2D eigenvalue weighted by molar-refractivity contribution is 6.08. The number of fused-ring (bicyclic) bond motifs is 1. The highest BCUT2D eigenvalue weighted by Crippen LogP contribution is 2.63. The summed E-state index contributed by atoms with van der Waals surface area (Å²) in [4.78, 5) is 12.0. The van der Waals surface area contributed by atoms with Crippen LogP contribution in [0, 0.1) is 5.92 Å². The molecule has 0 amide bonds. The first-order valence-electron chi connectivity index (χ1n) is 5.94. The molecule has 1 heterocycles. The molecule has 1 N–H and O–H groups in total. The van der Waals surface area contributed by atoms with Crippen LogP contribution in [0.4, 0.5) is 0 Å². The molecule has 3 heteroatoms. The molecule has 1 spiro atoms. The smallest absolute Gasteiger partial charge is 0.187 e. The molecule has 86 valence electrons. The van der Waals surface area contributed by atoms with E-state index in [0.29, 0.717) is 5.92 Å². The lowest BCUT2D eigenvalue weighted by molar-refractivity contribution is 0.104. The molecule has 0 unspecified atom stereocenters. The summed E-state index contributed by atoms with van der Waals surface area (Å²) >= 11 is 0. The van der Waals surface area contributed by atoms with Gasteiger partial charge in [-0.15, -0.1) is 0 Å². The Labute approximate surface area is 99.5 Å². The lowest BCUT2D eigenvalue weighted by Gasteiger charge is -2.24. The predicted molar refractivity (Wildman–Crippen MR) is 63.2 cm³/mol. The van der Waals surface area contributed by atoms with Crippen LogP contribution < -0.4 is 10.1 Å². The van der Waals surface area contributed by atoms with Crippen LogP contribution in [-0.2, 0) is 5.41 Å². The molecule has 2 fully saturated rings. The van der Waals surface area contributed by atoms with E-state index in [0.717, 1.165) is 29.1 Å². The van der Waals surface area contributed by atoms with E-state index >= 15 is 0 Å². The average molecular weight is 227 g/mol. The first kappa shape index (κ1) is 9.28. The second kappa shape index (κ2) is 2.73. The van der Waals surface area contributed by atoms with Crippen molar-refractivity contribution in [3.05, 3.63) is 41.1 Å². The molecule has 1 aliphatic heterocycles. The fraction of sp³-hybridized carbons (Fsp3) is 0.357. The van der Waals surface area contributed by atoms with Crippen LogP contribution >= 0.6 is 0 Å². The summed E-state index contributed by atoms with van der Waals surface area (Å²) in [7, 11) is 1.66. The summed E-state index contributed by atoms with van der Waals surface area (Å²) in [6, 6.07) is 5.80. The minimum absolute atomic E-state index is 0.109. The maximum absolute atomic E-state index is 12.0. The number of benzene rings is 1. The van der Waals surface area contributed by atoms with Crippen LogP contribution in [0.1, 0.15) is 22.3 Å². The molecule has 1 aromatic carbocycles. The largest absolute Gasteiger partial charge is 0.497 e. The van der Waals surface area contributed by atoms with E-state index in [4.69, 9.17) is 4.74 Å². The number of allylic oxidation sites excluding steroid dienone is 2. The van der Waals surface area contributed by atoms with Gasteiger partial charge < -0.3 is 10.1 Å². The van der Waals surface area contributed by atoms with Gasteiger partial charge >= 0.3 is 0 Å². The van der Waals surface area contributed by atoms with Crippen LogP contribution in [0.25, 0.3) is 0 Å². The Morgan fingerprint density at radius 1 is 1.47 bits per heavy atom. The first-order chi connectivity index (χ1) is 8.25. The summed E-state index contributed by atoms with van der Waals surface area (Å²) in [5.41, 5.74) is 3.24. The van der Waals surface area contributed by atoms with Crippen molar-refractivity contribution in [1.29, 1.82) is 0 Å². The monoisotopic (exact) mass is 227 g/mol. The average Bonchev–Trinajstić information content (AvgIpc) is 2.98. The van der Waals surface area contributed by atoms with Crippen LogP contribution in [-0.4, -0.2) is 19.4 Å². The van der Waals surface area contributed by atoms with E-state index in [-0.39, 0.29) is 11.2 Å². The lowest BCUT2D eigenvalue weighted by atomic mass is 9.81. The maximum Gasteiger partial charge on any atom is 0.187 e. The van der Waals surface area contributed by atoms with Crippen molar-refractivity contribution in [3.8, 4) is 5.75 Å². The van der Waals surface area contributed by atoms with E-state index < -0.39 is 0 Å². The molecule has 3 nitrogen and oxygen atoms in total. The fourth-order valence-electron chi connectivity index (χ4n) is 3.39. The molecule has 1 aromatic rings. The molecule has 17 heavy (non-hydrogen) atoms. The molecular formula is C14H13NO2. The summed E-state index contributed by atoms with van der Waals surface area (Å²) in [6.07, 6.45) is 2.95. The van der Waals surface area contributed by atoms with Crippen molar-refractivity contribution >= 4 is 5.78 Å². The minimum atomic E-state index is 0.109. The SMILES string of the molecule is COc1ccc2c(c1)[C@]13C[C@H]1CNC3=CC2=O. The Balaban J connectivity index is 1.98. The number of carbonyl (C=O) groups excluding carboxylic acids is 1. The number of ketones is 1. The van der Waals surface area contributed by atoms with Gasteiger partial charge in [0.2, 0.25) is 0 Å². The van der Waals surface area contributed by atoms with Gasteiger partial charge in [0.15, 0.2) is 5.78 Å². The zero-order valence-electron chi connectivity index (χ0n) is 9.62. The third-order valence-corrected chi connectivity index (χ3v) is 4.37. The zero-order valence-corrected chi connectivity index (χ0v) is 9.62. The van der Waals surface area contributed by atoms with Crippen molar-refractivity contribution in [2.45, 2.75) is 11.8 Å². The number of piperidine rings is 1. The third kappa shape index (κ3) is 0.954. The summed E-state index contributed by atoms with van der Waals surface area (Å²) < 4.78 is 5.28. The van der Waals surface area contributed by atoms with E-state index in [9.17, 15) is 4.79 Å². The Morgan fingerprint density at radius 3 is 3.12 bits per heavy atom. The topological polar surface area (TPSA) is 38.3 Å². The molecule has 0 radical (unpaired) electrons. The van der Waals surface area contributed by atoms with E-state index in [1.165, 1.54) is 6.42 Å². The zero-order chi connectivity index (χ0) is 11.6. The highest BCUT2D eigenvalue weighted by Gasteiger charge is 2.63. The Morgan fingerprint density at radius 2 is 2.35 bits per heavy atom. The molecule has 0 bridgehead atoms. The van der Waals surface area contributed by atoms with Crippen LogP contribution in [0.5, 0.6) is 5.75 Å². The van der Waals surface area contributed by atoms with Crippen LogP contribution in [0.15, 0.2) is 30.0 Å². The molecule has 2 aliphatic carbocycles. The number of carbonyl (C=O) groups is 1. The minimum Gasteiger partial charge on any atom is -0.497 e. The van der Waals surface area contributed by atoms with Gasteiger partial charge in [-0.3, -0.25) is 4.79 Å². The van der Waals surface area contributed by atoms with Gasteiger partial charge in [0.25, 0.3) is 0 Å². The molecule has 0 aromatic heterocycles. The van der Waals surface area contributed by atoms with Gasteiger partial charge in [0.1, 0.15) is 5.75 Å². The van der Waals surface area contributed by atoms with E-state index in [2.05, 4.69) is 5.32 Å². The van der Waals surface area contributed by atoms with Gasteiger partial charge in [-0.1, -0.05) is 0 Å². The Hall–Kier alpha value is -1.77. The van der Waals surface area contributed by atoms with Gasteiger partial charge in [-0.2, -0.15) is 0 Å². The second-order valence-corrected chi connectivity index (χ2v) is 5.09. The molecule has 1 saturated heterocycles. The van der Waals surface area contributed by atoms with Gasteiger partial charge in [0, 0.05) is 29.3 Å². The van der Waals surface area contributed by atoms with E-state index in [1.807, 2.05) is 18.2 Å². The van der Waals surface area contributed by atoms with Crippen LogP contribution in [0.2, 0.25) is 0 Å². The third-order valence-electron chi connectivity index (χ3n) is 4.37. The Bertz CT molecular complexity index is 576. The summed E-state index contributed by atoms with van der Waals surface area (Å²) in [5, 5.41) is 3.36. The van der Waals surface area contributed by atoms with Gasteiger partial charge in [-0.05, 0) is 36.1 Å². The molecule has 1 saturated carbocycles. The second-order valence-electron chi connectivity index (χ2n) is 5.09. The van der Waals surface area contributed by atoms with Crippen molar-refractivity contribution < 1.29 is 9.53 Å². The normalized spacial score (nSPS) is 31.9. The van der Waals surface area contributed by atoms with Gasteiger partial charge in [0.05, 0.1) is 7.11 Å². The van der Waals surface area contributed by atoms with Crippen molar-refractivity contribution in [2.24, 2.45) is 5.92 Å². The molecular weight excluding hydrogens is 214 g/mol. The number of hydrogen-bond acceptors (Lipinski definition) is 3.